The molecule has 5 heteroatoms. The summed E-state index contributed by atoms with van der Waals surface area (Å²) in [6, 6.07) is 21.7. The van der Waals surface area contributed by atoms with Crippen molar-refractivity contribution in [1.82, 2.24) is 5.32 Å². The normalized spacial score (nSPS) is 11.8. The van der Waals surface area contributed by atoms with E-state index < -0.39 is 0 Å². The van der Waals surface area contributed by atoms with Gasteiger partial charge in [-0.15, -0.1) is 0 Å². The molecule has 2 amide bonds. The Morgan fingerprint density at radius 1 is 0.929 bits per heavy atom. The molecule has 3 aromatic rings. The molecule has 144 valence electrons. The van der Waals surface area contributed by atoms with Crippen LogP contribution in [0.3, 0.4) is 0 Å². The van der Waals surface area contributed by atoms with Gasteiger partial charge >= 0.3 is 0 Å². The number of carbonyl (C=O) groups is 2. The predicted octanol–water partition coefficient (Wildman–Crippen LogP) is 2.24. The quantitative estimate of drug-likeness (QED) is 0.592. The summed E-state index contributed by atoms with van der Waals surface area (Å²) in [4.78, 5) is 25.4. The van der Waals surface area contributed by atoms with Crippen molar-refractivity contribution in [2.75, 3.05) is 25.5 Å². The van der Waals surface area contributed by atoms with E-state index in [0.717, 1.165) is 11.4 Å². The van der Waals surface area contributed by atoms with E-state index in [1.807, 2.05) is 26.1 Å². The topological polar surface area (TPSA) is 62.6 Å². The first kappa shape index (κ1) is 19.6. The summed E-state index contributed by atoms with van der Waals surface area (Å²) in [5.41, 5.74) is 2.37. The fourth-order valence-electron chi connectivity index (χ4n) is 3.24. The number of hydrogen-bond acceptors (Lipinski definition) is 2. The Balaban J connectivity index is 1.58. The second-order valence-electron chi connectivity index (χ2n) is 6.98. The maximum absolute atomic E-state index is 12.4. The lowest BCUT2D eigenvalue weighted by Gasteiger charge is -2.14. The van der Waals surface area contributed by atoms with E-state index in [2.05, 4.69) is 41.0 Å². The number of hydrogen-bond donors (Lipinski definition) is 3. The van der Waals surface area contributed by atoms with Crippen LogP contribution in [0.25, 0.3) is 10.8 Å². The minimum Gasteiger partial charge on any atom is -0.352 e. The molecule has 0 aliphatic rings. The van der Waals surface area contributed by atoms with Crippen LogP contribution in [-0.2, 0) is 11.3 Å². The Morgan fingerprint density at radius 3 is 2.50 bits per heavy atom. The minimum atomic E-state index is -0.141. The van der Waals surface area contributed by atoms with Crippen molar-refractivity contribution in [1.29, 1.82) is 0 Å². The molecule has 0 heterocycles. The van der Waals surface area contributed by atoms with Crippen LogP contribution >= 0.6 is 0 Å². The third-order valence-electron chi connectivity index (χ3n) is 4.53. The fraction of sp³-hybridized carbons (Fsp3) is 0.217. The Labute approximate surface area is 165 Å². The second kappa shape index (κ2) is 9.15. The van der Waals surface area contributed by atoms with Crippen molar-refractivity contribution in [2.24, 2.45) is 0 Å². The molecule has 1 unspecified atom stereocenters. The van der Waals surface area contributed by atoms with E-state index in [9.17, 15) is 9.59 Å². The molecular formula is C23H26N3O2+. The van der Waals surface area contributed by atoms with Crippen LogP contribution in [0.4, 0.5) is 5.69 Å². The van der Waals surface area contributed by atoms with E-state index in [4.69, 9.17) is 0 Å². The van der Waals surface area contributed by atoms with Gasteiger partial charge in [-0.2, -0.15) is 0 Å². The molecular weight excluding hydrogens is 350 g/mol. The van der Waals surface area contributed by atoms with Gasteiger partial charge in [0.1, 0.15) is 6.54 Å². The van der Waals surface area contributed by atoms with Gasteiger partial charge in [0.2, 0.25) is 0 Å². The Hall–Kier alpha value is -3.18. The number of amides is 2. The summed E-state index contributed by atoms with van der Waals surface area (Å²) in [6.07, 6.45) is 0. The van der Waals surface area contributed by atoms with E-state index in [-0.39, 0.29) is 11.8 Å². The molecule has 3 rings (SSSR count). The molecule has 0 aliphatic carbocycles. The van der Waals surface area contributed by atoms with Gasteiger partial charge in [-0.25, -0.2) is 0 Å². The number of likely N-dealkylation sites (N-methyl/N-ethyl adjacent to an activating group) is 1. The van der Waals surface area contributed by atoms with Gasteiger partial charge in [0.15, 0.2) is 6.54 Å². The molecule has 0 spiro atoms. The maximum Gasteiger partial charge on any atom is 0.279 e. The summed E-state index contributed by atoms with van der Waals surface area (Å²) in [7, 11) is 2.00. The monoisotopic (exact) mass is 376 g/mol. The molecule has 3 aromatic carbocycles. The molecule has 28 heavy (non-hydrogen) atoms. The van der Waals surface area contributed by atoms with Crippen LogP contribution in [0.1, 0.15) is 22.8 Å². The first-order chi connectivity index (χ1) is 13.5. The fourth-order valence-corrected chi connectivity index (χ4v) is 3.24. The third-order valence-corrected chi connectivity index (χ3v) is 4.53. The van der Waals surface area contributed by atoms with Crippen molar-refractivity contribution < 1.29 is 14.5 Å². The van der Waals surface area contributed by atoms with Gasteiger partial charge in [-0.3, -0.25) is 9.59 Å². The molecule has 0 bridgehead atoms. The van der Waals surface area contributed by atoms with E-state index >= 15 is 0 Å². The van der Waals surface area contributed by atoms with Crippen LogP contribution in [-0.4, -0.2) is 32.0 Å². The summed E-state index contributed by atoms with van der Waals surface area (Å²) in [6.45, 7) is 3.55. The predicted molar refractivity (Wildman–Crippen MR) is 112 cm³/mol. The molecule has 0 radical (unpaired) electrons. The van der Waals surface area contributed by atoms with Crippen LogP contribution in [0, 0.1) is 0 Å². The van der Waals surface area contributed by atoms with E-state index in [1.165, 1.54) is 16.3 Å². The standard InChI is InChI=1S/C23H25N3O2/c1-3-24-23(28)20-9-6-10-21(14-20)25-22(27)16-26(2)15-17-11-12-18-7-4-5-8-19(18)13-17/h4-14H,3,15-16H2,1-2H3,(H,24,28)(H,25,27)/p+1. The SMILES string of the molecule is CCNC(=O)c1cccc(NC(=O)C[NH+](C)Cc2ccc3ccccc3c2)c1. The summed E-state index contributed by atoms with van der Waals surface area (Å²) in [5, 5.41) is 8.07. The number of rotatable bonds is 7. The molecule has 0 saturated heterocycles. The van der Waals surface area contributed by atoms with E-state index in [0.29, 0.717) is 24.3 Å². The zero-order valence-electron chi connectivity index (χ0n) is 16.3. The molecule has 1 atom stereocenters. The molecule has 0 aromatic heterocycles. The molecule has 3 N–H and O–H groups in total. The lowest BCUT2D eigenvalue weighted by Crippen LogP contribution is -3.08. The van der Waals surface area contributed by atoms with Gasteiger partial charge in [0.25, 0.3) is 11.8 Å². The summed E-state index contributed by atoms with van der Waals surface area (Å²) in [5.74, 6) is -0.219. The van der Waals surface area contributed by atoms with Crippen molar-refractivity contribution in [3.05, 3.63) is 77.9 Å². The highest BCUT2D eigenvalue weighted by Crippen LogP contribution is 2.15. The van der Waals surface area contributed by atoms with Gasteiger partial charge in [-0.1, -0.05) is 42.5 Å². The number of benzene rings is 3. The number of carbonyl (C=O) groups excluding carboxylic acids is 2. The number of anilines is 1. The van der Waals surface area contributed by atoms with Crippen molar-refractivity contribution >= 4 is 28.3 Å². The highest BCUT2D eigenvalue weighted by molar-refractivity contribution is 5.97. The molecule has 5 nitrogen and oxygen atoms in total. The van der Waals surface area contributed by atoms with Crippen LogP contribution in [0.15, 0.2) is 66.7 Å². The Bertz CT molecular complexity index is 984. The van der Waals surface area contributed by atoms with Crippen molar-refractivity contribution in [3.8, 4) is 0 Å². The van der Waals surface area contributed by atoms with Gasteiger partial charge < -0.3 is 15.5 Å². The zero-order valence-corrected chi connectivity index (χ0v) is 16.3. The number of quaternary nitrogens is 1. The second-order valence-corrected chi connectivity index (χ2v) is 6.98. The Morgan fingerprint density at radius 2 is 1.71 bits per heavy atom. The third kappa shape index (κ3) is 5.18. The highest BCUT2D eigenvalue weighted by atomic mass is 16.2. The van der Waals surface area contributed by atoms with Gasteiger partial charge in [-0.05, 0) is 42.0 Å². The van der Waals surface area contributed by atoms with Crippen molar-refractivity contribution in [3.63, 3.8) is 0 Å². The van der Waals surface area contributed by atoms with Crippen LogP contribution < -0.4 is 15.5 Å². The maximum atomic E-state index is 12.4. The average Bonchev–Trinajstić information content (AvgIpc) is 2.68. The number of nitrogens with one attached hydrogen (secondary N) is 3. The first-order valence-electron chi connectivity index (χ1n) is 9.52. The molecule has 0 fully saturated rings. The number of fused-ring (bicyclic) bond motifs is 1. The highest BCUT2D eigenvalue weighted by Gasteiger charge is 2.12. The lowest BCUT2D eigenvalue weighted by molar-refractivity contribution is -0.885. The average molecular weight is 376 g/mol. The summed E-state index contributed by atoms with van der Waals surface area (Å²) < 4.78 is 0. The zero-order chi connectivity index (χ0) is 19.9. The molecule has 0 aliphatic heterocycles. The van der Waals surface area contributed by atoms with Crippen LogP contribution in [0.2, 0.25) is 0 Å². The largest absolute Gasteiger partial charge is 0.352 e. The van der Waals surface area contributed by atoms with Crippen molar-refractivity contribution in [2.45, 2.75) is 13.5 Å². The van der Waals surface area contributed by atoms with E-state index in [1.54, 1.807) is 24.3 Å². The van der Waals surface area contributed by atoms with Gasteiger partial charge in [0.05, 0.1) is 7.05 Å². The smallest absolute Gasteiger partial charge is 0.279 e. The first-order valence-corrected chi connectivity index (χ1v) is 9.52. The summed E-state index contributed by atoms with van der Waals surface area (Å²) >= 11 is 0. The van der Waals surface area contributed by atoms with Crippen LogP contribution in [0.5, 0.6) is 0 Å². The lowest BCUT2D eigenvalue weighted by atomic mass is 10.1. The Kier molecular flexibility index (Phi) is 6.40. The minimum absolute atomic E-state index is 0.0775. The molecule has 0 saturated carbocycles. The van der Waals surface area contributed by atoms with Gasteiger partial charge in [0, 0.05) is 23.4 Å².